The van der Waals surface area contributed by atoms with Gasteiger partial charge in [0, 0.05) is 24.7 Å². The summed E-state index contributed by atoms with van der Waals surface area (Å²) < 4.78 is 0. The van der Waals surface area contributed by atoms with Gasteiger partial charge in [-0.15, -0.1) is 0 Å². The van der Waals surface area contributed by atoms with Gasteiger partial charge in [0.2, 0.25) is 5.54 Å². The van der Waals surface area contributed by atoms with Gasteiger partial charge in [-0.1, -0.05) is 11.6 Å². The Balaban J connectivity index is 2.76. The molecule has 0 N–H and O–H groups in total. The summed E-state index contributed by atoms with van der Waals surface area (Å²) in [5.74, 6) is 0. The highest BCUT2D eigenvalue weighted by Crippen LogP contribution is 2.29. The van der Waals surface area contributed by atoms with Crippen LogP contribution in [0.3, 0.4) is 0 Å². The standard InChI is InChI=1S/C8H12NO2/c1-7-4-3-5-8(2,6-7)9(10)11/h3-4H,5-6H2,1-2H3. The lowest BCUT2D eigenvalue weighted by atomic mass is 9.84. The van der Waals surface area contributed by atoms with Gasteiger partial charge in [0.25, 0.3) is 0 Å². The van der Waals surface area contributed by atoms with Crippen LogP contribution in [0.5, 0.6) is 0 Å². The summed E-state index contributed by atoms with van der Waals surface area (Å²) in [6, 6.07) is 0. The van der Waals surface area contributed by atoms with E-state index in [1.54, 1.807) is 6.92 Å². The molecule has 1 atom stereocenters. The quantitative estimate of drug-likeness (QED) is 0.428. The van der Waals surface area contributed by atoms with E-state index in [1.165, 1.54) is 0 Å². The minimum absolute atomic E-state index is 0.181. The molecule has 11 heavy (non-hydrogen) atoms. The zero-order valence-electron chi connectivity index (χ0n) is 6.83. The zero-order valence-corrected chi connectivity index (χ0v) is 6.83. The molecule has 0 saturated heterocycles. The van der Waals surface area contributed by atoms with Crippen LogP contribution in [0.4, 0.5) is 0 Å². The molecule has 1 unspecified atom stereocenters. The normalized spacial score (nSPS) is 31.3. The molecule has 1 rings (SSSR count). The first kappa shape index (κ1) is 8.24. The molecule has 0 fully saturated rings. The van der Waals surface area contributed by atoms with Crippen molar-refractivity contribution in [1.29, 1.82) is 0 Å². The van der Waals surface area contributed by atoms with Crippen LogP contribution in [-0.4, -0.2) is 10.5 Å². The molecule has 0 bridgehead atoms. The van der Waals surface area contributed by atoms with Gasteiger partial charge in [-0.25, -0.2) is 0 Å². The van der Waals surface area contributed by atoms with Gasteiger partial charge in [-0.2, -0.15) is 0 Å². The fourth-order valence-electron chi connectivity index (χ4n) is 1.38. The topological polar surface area (TPSA) is 43.1 Å². The summed E-state index contributed by atoms with van der Waals surface area (Å²) in [6.07, 6.45) is 4.97. The van der Waals surface area contributed by atoms with Crippen LogP contribution in [-0.2, 0) is 0 Å². The molecule has 3 nitrogen and oxygen atoms in total. The Bertz CT molecular complexity index is 210. The lowest BCUT2D eigenvalue weighted by molar-refractivity contribution is -0.565. The van der Waals surface area contributed by atoms with Crippen LogP contribution >= 0.6 is 0 Å². The molecule has 0 spiro atoms. The maximum absolute atomic E-state index is 10.6. The molecule has 0 aromatic rings. The van der Waals surface area contributed by atoms with Gasteiger partial charge in [0.05, 0.1) is 0 Å². The van der Waals surface area contributed by atoms with Gasteiger partial charge in [0.15, 0.2) is 0 Å². The van der Waals surface area contributed by atoms with Crippen LogP contribution in [0, 0.1) is 16.5 Å². The fourth-order valence-corrected chi connectivity index (χ4v) is 1.38. The average Bonchev–Trinajstić information content (AvgIpc) is 1.86. The number of rotatable bonds is 1. The Morgan fingerprint density at radius 3 is 2.73 bits per heavy atom. The van der Waals surface area contributed by atoms with E-state index in [1.807, 2.05) is 19.4 Å². The highest BCUT2D eigenvalue weighted by Gasteiger charge is 2.38. The summed E-state index contributed by atoms with van der Waals surface area (Å²) in [7, 11) is 0. The molecule has 0 aromatic heterocycles. The predicted octanol–water partition coefficient (Wildman–Crippen LogP) is 1.97. The van der Waals surface area contributed by atoms with Crippen molar-refractivity contribution in [2.24, 2.45) is 0 Å². The summed E-state index contributed by atoms with van der Waals surface area (Å²) >= 11 is 0. The maximum Gasteiger partial charge on any atom is 0.223 e. The molecule has 0 saturated carbocycles. The van der Waals surface area contributed by atoms with Gasteiger partial charge in [0.1, 0.15) is 0 Å². The minimum atomic E-state index is -0.751. The van der Waals surface area contributed by atoms with Crippen molar-refractivity contribution in [3.63, 3.8) is 0 Å². The fraction of sp³-hybridized carbons (Fsp3) is 0.625. The second-order valence-electron chi connectivity index (χ2n) is 3.38. The molecule has 1 aliphatic carbocycles. The molecule has 0 aliphatic heterocycles. The van der Waals surface area contributed by atoms with Crippen LogP contribution in [0.2, 0.25) is 0 Å². The largest absolute Gasteiger partial charge is 0.264 e. The van der Waals surface area contributed by atoms with Crippen molar-refractivity contribution in [2.45, 2.75) is 32.2 Å². The number of hydrogen-bond donors (Lipinski definition) is 0. The lowest BCUT2D eigenvalue weighted by Crippen LogP contribution is -2.36. The summed E-state index contributed by atoms with van der Waals surface area (Å²) in [6.45, 7) is 3.62. The highest BCUT2D eigenvalue weighted by atomic mass is 16.6. The summed E-state index contributed by atoms with van der Waals surface area (Å²) in [5.41, 5.74) is 0.342. The Morgan fingerprint density at radius 1 is 1.73 bits per heavy atom. The van der Waals surface area contributed by atoms with Gasteiger partial charge < -0.3 is 0 Å². The average molecular weight is 154 g/mol. The summed E-state index contributed by atoms with van der Waals surface area (Å²) in [5, 5.41) is 10.6. The SMILES string of the molecule is CC1=C[CH]CC(C)([N+](=O)[O-])C1. The third-order valence-electron chi connectivity index (χ3n) is 2.06. The monoisotopic (exact) mass is 154 g/mol. The highest BCUT2D eigenvalue weighted by molar-refractivity contribution is 5.15. The van der Waals surface area contributed by atoms with Crippen molar-refractivity contribution >= 4 is 0 Å². The molecular formula is C8H12NO2. The van der Waals surface area contributed by atoms with Gasteiger partial charge >= 0.3 is 0 Å². The second-order valence-corrected chi connectivity index (χ2v) is 3.38. The molecule has 0 amide bonds. The van der Waals surface area contributed by atoms with E-state index in [-0.39, 0.29) is 4.92 Å². The molecule has 3 heteroatoms. The maximum atomic E-state index is 10.6. The van der Waals surface area contributed by atoms with E-state index in [0.29, 0.717) is 12.8 Å². The van der Waals surface area contributed by atoms with Gasteiger partial charge in [-0.3, -0.25) is 10.1 Å². The Labute approximate surface area is 66.3 Å². The van der Waals surface area contributed by atoms with Crippen molar-refractivity contribution in [1.82, 2.24) is 0 Å². The zero-order chi connectivity index (χ0) is 8.48. The van der Waals surface area contributed by atoms with Crippen molar-refractivity contribution in [2.75, 3.05) is 0 Å². The molecule has 1 radical (unpaired) electrons. The van der Waals surface area contributed by atoms with E-state index in [9.17, 15) is 10.1 Å². The first-order valence-corrected chi connectivity index (χ1v) is 3.68. The first-order valence-electron chi connectivity index (χ1n) is 3.68. The predicted molar refractivity (Wildman–Crippen MR) is 42.7 cm³/mol. The van der Waals surface area contributed by atoms with E-state index in [0.717, 1.165) is 5.57 Å². The van der Waals surface area contributed by atoms with E-state index in [2.05, 4.69) is 0 Å². The lowest BCUT2D eigenvalue weighted by Gasteiger charge is -2.23. The van der Waals surface area contributed by atoms with Crippen LogP contribution in [0.1, 0.15) is 26.7 Å². The van der Waals surface area contributed by atoms with Crippen molar-refractivity contribution < 1.29 is 4.92 Å². The number of nitro groups is 1. The van der Waals surface area contributed by atoms with Crippen LogP contribution < -0.4 is 0 Å². The molecule has 1 aliphatic rings. The van der Waals surface area contributed by atoms with Crippen LogP contribution in [0.15, 0.2) is 11.6 Å². The Hall–Kier alpha value is -0.860. The number of nitrogens with zero attached hydrogens (tertiary/aromatic N) is 1. The molecule has 61 valence electrons. The molecule has 0 heterocycles. The third-order valence-corrected chi connectivity index (χ3v) is 2.06. The first-order chi connectivity index (χ1) is 5.04. The second kappa shape index (κ2) is 2.64. The van der Waals surface area contributed by atoms with Crippen molar-refractivity contribution in [3.8, 4) is 0 Å². The van der Waals surface area contributed by atoms with E-state index < -0.39 is 5.54 Å². The number of hydrogen-bond acceptors (Lipinski definition) is 2. The van der Waals surface area contributed by atoms with Gasteiger partial charge in [-0.05, 0) is 13.3 Å². The number of allylic oxidation sites excluding steroid dienone is 1. The summed E-state index contributed by atoms with van der Waals surface area (Å²) in [4.78, 5) is 10.4. The smallest absolute Gasteiger partial charge is 0.223 e. The molecule has 0 aromatic carbocycles. The van der Waals surface area contributed by atoms with E-state index in [4.69, 9.17) is 0 Å². The van der Waals surface area contributed by atoms with Crippen LogP contribution in [0.25, 0.3) is 0 Å². The Morgan fingerprint density at radius 2 is 2.36 bits per heavy atom. The minimum Gasteiger partial charge on any atom is -0.264 e. The third kappa shape index (κ3) is 1.59. The Kier molecular flexibility index (Phi) is 1.98. The molecular weight excluding hydrogens is 142 g/mol. The van der Waals surface area contributed by atoms with E-state index >= 15 is 0 Å². The van der Waals surface area contributed by atoms with Crippen molar-refractivity contribution in [3.05, 3.63) is 28.2 Å².